The summed E-state index contributed by atoms with van der Waals surface area (Å²) in [5.41, 5.74) is 0.982. The number of anilines is 2. The van der Waals surface area contributed by atoms with Crippen LogP contribution in [0.5, 0.6) is 0 Å². The molecule has 1 aromatic carbocycles. The first kappa shape index (κ1) is 24.5. The monoisotopic (exact) mass is 510 g/mol. The average Bonchev–Trinajstić information content (AvgIpc) is 3.34. The Hall–Kier alpha value is -3.20. The molecule has 0 bridgehead atoms. The van der Waals surface area contributed by atoms with E-state index in [1.807, 2.05) is 24.6 Å². The van der Waals surface area contributed by atoms with Crippen molar-refractivity contribution in [2.24, 2.45) is 5.92 Å². The third kappa shape index (κ3) is 3.99. The Labute approximate surface area is 209 Å². The number of fused-ring (bicyclic) bond motifs is 2. The molecule has 11 heteroatoms. The number of hydrogen-bond acceptors (Lipinski definition) is 7. The number of nitrogens with zero attached hydrogens (tertiary/aromatic N) is 4. The molecular weight excluding hydrogens is 480 g/mol. The predicted molar refractivity (Wildman–Crippen MR) is 135 cm³/mol. The number of aromatic amines is 1. The van der Waals surface area contributed by atoms with Crippen LogP contribution in [0.1, 0.15) is 51.1 Å². The van der Waals surface area contributed by atoms with Gasteiger partial charge < -0.3 is 15.0 Å². The van der Waals surface area contributed by atoms with Crippen molar-refractivity contribution in [3.63, 3.8) is 0 Å². The molecule has 5 rings (SSSR count). The number of rotatable bonds is 6. The van der Waals surface area contributed by atoms with E-state index in [4.69, 9.17) is 9.84 Å². The second-order valence-corrected chi connectivity index (χ2v) is 12.0. The Balaban J connectivity index is 1.52. The van der Waals surface area contributed by atoms with Gasteiger partial charge in [-0.2, -0.15) is 14.7 Å². The number of methoxy groups -OCH3 is 1. The van der Waals surface area contributed by atoms with Crippen molar-refractivity contribution in [1.29, 1.82) is 5.26 Å². The van der Waals surface area contributed by atoms with E-state index in [1.54, 1.807) is 31.5 Å². The molecule has 3 aromatic rings. The Morgan fingerprint density at radius 2 is 2.06 bits per heavy atom. The van der Waals surface area contributed by atoms with Crippen LogP contribution in [0.25, 0.3) is 10.9 Å². The van der Waals surface area contributed by atoms with Crippen LogP contribution in [0, 0.1) is 17.2 Å². The fraction of sp³-hybridized carbons (Fsp3) is 0.480. The highest BCUT2D eigenvalue weighted by molar-refractivity contribution is 7.89. The van der Waals surface area contributed by atoms with Crippen LogP contribution in [-0.2, 0) is 21.3 Å². The number of aromatic nitrogens is 3. The Kier molecular flexibility index (Phi) is 6.14. The van der Waals surface area contributed by atoms with Gasteiger partial charge in [0.25, 0.3) is 5.56 Å². The van der Waals surface area contributed by atoms with Crippen molar-refractivity contribution >= 4 is 32.4 Å². The fourth-order valence-corrected chi connectivity index (χ4v) is 7.43. The van der Waals surface area contributed by atoms with Crippen molar-refractivity contribution in [3.8, 4) is 6.07 Å². The Morgan fingerprint density at radius 1 is 1.28 bits per heavy atom. The molecule has 0 saturated heterocycles. The predicted octanol–water partition coefficient (Wildman–Crippen LogP) is 3.65. The average molecular weight is 511 g/mol. The molecule has 1 aliphatic heterocycles. The van der Waals surface area contributed by atoms with Crippen LogP contribution >= 0.6 is 0 Å². The van der Waals surface area contributed by atoms with Crippen LogP contribution in [-0.4, -0.2) is 46.7 Å². The van der Waals surface area contributed by atoms with Crippen molar-refractivity contribution in [1.82, 2.24) is 19.1 Å². The summed E-state index contributed by atoms with van der Waals surface area (Å²) in [4.78, 5) is 15.8. The maximum atomic E-state index is 13.2. The number of sulfonamides is 1. The van der Waals surface area contributed by atoms with Gasteiger partial charge in [-0.15, -0.1) is 0 Å². The number of nitrogens with one attached hydrogen (secondary N) is 2. The van der Waals surface area contributed by atoms with Crippen molar-refractivity contribution in [2.45, 2.75) is 62.6 Å². The summed E-state index contributed by atoms with van der Waals surface area (Å²) < 4.78 is 34.9. The van der Waals surface area contributed by atoms with Gasteiger partial charge in [0.15, 0.2) is 5.82 Å². The Morgan fingerprint density at radius 3 is 2.81 bits per heavy atom. The van der Waals surface area contributed by atoms with Gasteiger partial charge in [-0.05, 0) is 56.5 Å². The fourth-order valence-electron chi connectivity index (χ4n) is 5.49. The topological polar surface area (TPSA) is 133 Å². The highest BCUT2D eigenvalue weighted by atomic mass is 32.2. The lowest BCUT2D eigenvalue weighted by Crippen LogP contribution is -2.47. The smallest absolute Gasteiger partial charge is 0.261 e. The first-order valence-corrected chi connectivity index (χ1v) is 13.5. The summed E-state index contributed by atoms with van der Waals surface area (Å²) in [7, 11) is -2.10. The van der Waals surface area contributed by atoms with Gasteiger partial charge in [0.05, 0.1) is 40.6 Å². The van der Waals surface area contributed by atoms with E-state index in [1.165, 1.54) is 4.31 Å². The highest BCUT2D eigenvalue weighted by Crippen LogP contribution is 2.39. The maximum absolute atomic E-state index is 13.2. The summed E-state index contributed by atoms with van der Waals surface area (Å²) in [6, 6.07) is 9.18. The van der Waals surface area contributed by atoms with Crippen molar-refractivity contribution in [3.05, 3.63) is 46.4 Å². The van der Waals surface area contributed by atoms with E-state index >= 15 is 0 Å². The van der Waals surface area contributed by atoms with Gasteiger partial charge in [-0.3, -0.25) is 9.48 Å². The normalized spacial score (nSPS) is 21.8. The molecule has 0 amide bonds. The molecule has 2 unspecified atom stereocenters. The quantitative estimate of drug-likeness (QED) is 0.517. The molecule has 1 aliphatic carbocycles. The Bertz CT molecular complexity index is 1520. The second-order valence-electron chi connectivity index (χ2n) is 10.2. The standard InChI is InChI=1S/C25H30N6O4S/c1-25(2,15-35-3)30-14-17-12-18(8-9-21(17)36(30,33)34)28-23-22-20(10-11-27-24(22)32)31(29-23)19-7-5-4-6-16(19)13-26/h8-12,16,19H,4-7,14-15H2,1-3H3,(H,27,32)(H,28,29). The van der Waals surface area contributed by atoms with Crippen LogP contribution in [0.2, 0.25) is 0 Å². The molecule has 2 aliphatic rings. The van der Waals surface area contributed by atoms with E-state index in [2.05, 4.69) is 16.4 Å². The third-order valence-corrected chi connectivity index (χ3v) is 9.38. The van der Waals surface area contributed by atoms with E-state index < -0.39 is 15.6 Å². The molecule has 0 spiro atoms. The van der Waals surface area contributed by atoms with Crippen LogP contribution in [0.4, 0.5) is 11.5 Å². The van der Waals surface area contributed by atoms with E-state index in [-0.39, 0.29) is 35.6 Å². The van der Waals surface area contributed by atoms with Gasteiger partial charge in [-0.25, -0.2) is 8.42 Å². The summed E-state index contributed by atoms with van der Waals surface area (Å²) in [5, 5.41) is 18.1. The lowest BCUT2D eigenvalue weighted by molar-refractivity contribution is 0.0819. The largest absolute Gasteiger partial charge is 0.383 e. The van der Waals surface area contributed by atoms with Crippen LogP contribution < -0.4 is 10.9 Å². The van der Waals surface area contributed by atoms with Gasteiger partial charge in [0.1, 0.15) is 5.39 Å². The summed E-state index contributed by atoms with van der Waals surface area (Å²) in [6.45, 7) is 4.17. The molecule has 1 saturated carbocycles. The van der Waals surface area contributed by atoms with E-state index in [9.17, 15) is 18.5 Å². The van der Waals surface area contributed by atoms with Gasteiger partial charge in [0, 0.05) is 25.5 Å². The SMILES string of the molecule is COCC(C)(C)N1Cc2cc(Nc3nn(C4CCCCC4C#N)c4cc[nH]c(=O)c34)ccc2S1(=O)=O. The number of benzene rings is 1. The first-order valence-electron chi connectivity index (χ1n) is 12.1. The molecule has 190 valence electrons. The van der Waals surface area contributed by atoms with Crippen molar-refractivity contribution in [2.75, 3.05) is 19.0 Å². The molecule has 1 fully saturated rings. The van der Waals surface area contributed by atoms with E-state index in [0.717, 1.165) is 25.7 Å². The zero-order valence-electron chi connectivity index (χ0n) is 20.6. The van der Waals surface area contributed by atoms with Crippen molar-refractivity contribution < 1.29 is 13.2 Å². The first-order chi connectivity index (χ1) is 17.2. The minimum Gasteiger partial charge on any atom is -0.383 e. The summed E-state index contributed by atoms with van der Waals surface area (Å²) in [5.74, 6) is 0.215. The summed E-state index contributed by atoms with van der Waals surface area (Å²) in [6.07, 6.45) is 5.24. The number of hydrogen-bond donors (Lipinski definition) is 2. The highest BCUT2D eigenvalue weighted by Gasteiger charge is 2.43. The second kappa shape index (κ2) is 9.03. The zero-order valence-corrected chi connectivity index (χ0v) is 21.4. The lowest BCUT2D eigenvalue weighted by atomic mass is 9.85. The molecule has 10 nitrogen and oxygen atoms in total. The number of H-pyrrole nitrogens is 1. The van der Waals surface area contributed by atoms with Crippen LogP contribution in [0.3, 0.4) is 0 Å². The van der Waals surface area contributed by atoms with Gasteiger partial charge in [-0.1, -0.05) is 12.8 Å². The van der Waals surface area contributed by atoms with Gasteiger partial charge in [0.2, 0.25) is 10.0 Å². The molecular formula is C25H30N6O4S. The maximum Gasteiger partial charge on any atom is 0.261 e. The molecule has 2 N–H and O–H groups in total. The molecule has 36 heavy (non-hydrogen) atoms. The zero-order chi connectivity index (χ0) is 25.7. The molecule has 2 atom stereocenters. The van der Waals surface area contributed by atoms with E-state index in [0.29, 0.717) is 28.0 Å². The number of pyridine rings is 1. The molecule has 0 radical (unpaired) electrons. The van der Waals surface area contributed by atoms with Crippen LogP contribution in [0.15, 0.2) is 40.2 Å². The minimum absolute atomic E-state index is 0.106. The third-order valence-electron chi connectivity index (χ3n) is 7.22. The number of nitriles is 1. The van der Waals surface area contributed by atoms with Gasteiger partial charge >= 0.3 is 0 Å². The minimum atomic E-state index is -3.66. The summed E-state index contributed by atoms with van der Waals surface area (Å²) >= 11 is 0. The lowest BCUT2D eigenvalue weighted by Gasteiger charge is -2.33. The molecule has 2 aromatic heterocycles. The molecule has 3 heterocycles. The number of ether oxygens (including phenoxy) is 1.